The molecule has 4 heterocycles. The number of aromatic nitrogens is 3. The molecule has 0 saturated carbocycles. The zero-order chi connectivity index (χ0) is 29.0. The van der Waals surface area contributed by atoms with E-state index in [1.807, 2.05) is 50.6 Å². The average molecular weight is 561 g/mol. The summed E-state index contributed by atoms with van der Waals surface area (Å²) in [6.07, 6.45) is 1.14. The van der Waals surface area contributed by atoms with E-state index in [1.54, 1.807) is 12.5 Å². The maximum absolute atomic E-state index is 13.2. The zero-order valence-corrected chi connectivity index (χ0v) is 22.2. The van der Waals surface area contributed by atoms with E-state index < -0.39 is 12.1 Å². The van der Waals surface area contributed by atoms with Crippen molar-refractivity contribution in [2.75, 3.05) is 40.3 Å². The van der Waals surface area contributed by atoms with Gasteiger partial charge in [0, 0.05) is 55.6 Å². The van der Waals surface area contributed by atoms with Gasteiger partial charge in [-0.15, -0.1) is 0 Å². The SMILES string of the molecule is CN(C)C1CCN(C(=O)c2ncn3c(C4CCN(C(=O)c5ccccc5)CC4)ccnc23)C1.O=C(O)C(F)(F)F. The molecule has 2 aromatic heterocycles. The third-order valence-corrected chi connectivity index (χ3v) is 7.31. The molecule has 0 aliphatic carbocycles. The van der Waals surface area contributed by atoms with E-state index in [2.05, 4.69) is 29.0 Å². The summed E-state index contributed by atoms with van der Waals surface area (Å²) < 4.78 is 33.7. The van der Waals surface area contributed by atoms with Crippen molar-refractivity contribution in [2.24, 2.45) is 0 Å². The topological polar surface area (TPSA) is 111 Å². The van der Waals surface area contributed by atoms with Crippen molar-refractivity contribution in [2.45, 2.75) is 37.4 Å². The van der Waals surface area contributed by atoms with Crippen LogP contribution in [0.3, 0.4) is 0 Å². The van der Waals surface area contributed by atoms with Crippen molar-refractivity contribution in [3.63, 3.8) is 0 Å². The molecule has 3 aromatic rings. The minimum atomic E-state index is -5.08. The number of benzene rings is 1. The number of carbonyl (C=O) groups is 3. The fourth-order valence-corrected chi connectivity index (χ4v) is 5.04. The molecule has 2 aliphatic rings. The van der Waals surface area contributed by atoms with Crippen LogP contribution in [0.4, 0.5) is 13.2 Å². The van der Waals surface area contributed by atoms with Gasteiger partial charge in [-0.05, 0) is 51.6 Å². The lowest BCUT2D eigenvalue weighted by molar-refractivity contribution is -0.192. The van der Waals surface area contributed by atoms with Crippen molar-refractivity contribution >= 4 is 23.4 Å². The van der Waals surface area contributed by atoms with E-state index >= 15 is 0 Å². The van der Waals surface area contributed by atoms with Crippen LogP contribution < -0.4 is 0 Å². The van der Waals surface area contributed by atoms with Gasteiger partial charge in [0.15, 0.2) is 11.3 Å². The van der Waals surface area contributed by atoms with Crippen LogP contribution in [0.25, 0.3) is 5.65 Å². The van der Waals surface area contributed by atoms with E-state index in [0.717, 1.165) is 43.6 Å². The molecule has 10 nitrogen and oxygen atoms in total. The van der Waals surface area contributed by atoms with Gasteiger partial charge in [-0.3, -0.25) is 14.0 Å². The number of fused-ring (bicyclic) bond motifs is 1. The first kappa shape index (κ1) is 29.0. The number of likely N-dealkylation sites (tertiary alicyclic amines) is 2. The normalized spacial score (nSPS) is 18.1. The number of carbonyl (C=O) groups excluding carboxylic acids is 2. The van der Waals surface area contributed by atoms with Gasteiger partial charge in [0.25, 0.3) is 11.8 Å². The van der Waals surface area contributed by atoms with E-state index in [-0.39, 0.29) is 17.7 Å². The number of aliphatic carboxylic acids is 1. The molecule has 40 heavy (non-hydrogen) atoms. The lowest BCUT2D eigenvalue weighted by Gasteiger charge is -2.32. The summed E-state index contributed by atoms with van der Waals surface area (Å²) in [6.45, 7) is 2.89. The number of likely N-dealkylation sites (N-methyl/N-ethyl adjacent to an activating group) is 1. The van der Waals surface area contributed by atoms with E-state index in [1.165, 1.54) is 0 Å². The van der Waals surface area contributed by atoms with Crippen molar-refractivity contribution in [3.8, 4) is 0 Å². The first-order valence-electron chi connectivity index (χ1n) is 12.9. The molecule has 0 spiro atoms. The quantitative estimate of drug-likeness (QED) is 0.522. The Morgan fingerprint density at radius 3 is 2.12 bits per heavy atom. The van der Waals surface area contributed by atoms with Crippen LogP contribution in [0.5, 0.6) is 0 Å². The highest BCUT2D eigenvalue weighted by Crippen LogP contribution is 2.29. The predicted octanol–water partition coefficient (Wildman–Crippen LogP) is 3.16. The molecule has 2 amide bonds. The number of carboxylic acids is 1. The van der Waals surface area contributed by atoms with Gasteiger partial charge >= 0.3 is 12.1 Å². The Labute approximate surface area is 229 Å². The lowest BCUT2D eigenvalue weighted by atomic mass is 9.92. The Morgan fingerprint density at radius 1 is 0.925 bits per heavy atom. The Morgan fingerprint density at radius 2 is 1.55 bits per heavy atom. The van der Waals surface area contributed by atoms with Crippen molar-refractivity contribution < 1.29 is 32.7 Å². The molecule has 1 aromatic carbocycles. The summed E-state index contributed by atoms with van der Waals surface area (Å²) in [6, 6.07) is 11.8. The summed E-state index contributed by atoms with van der Waals surface area (Å²) in [5, 5.41) is 7.12. The molecule has 13 heteroatoms. The number of alkyl halides is 3. The van der Waals surface area contributed by atoms with E-state index in [9.17, 15) is 22.8 Å². The summed E-state index contributed by atoms with van der Waals surface area (Å²) in [5.74, 6) is -2.43. The molecule has 0 bridgehead atoms. The predicted molar refractivity (Wildman–Crippen MR) is 139 cm³/mol. The Bertz CT molecular complexity index is 1350. The molecule has 1 unspecified atom stereocenters. The minimum Gasteiger partial charge on any atom is -0.475 e. The standard InChI is InChI=1S/C25H30N6O2.C2HF3O2/c1-28(2)20-11-15-30(16-20)25(33)22-23-26-12-8-21(31(23)17-27-22)18-9-13-29(14-10-18)24(32)19-6-4-3-5-7-19;3-2(4,5)1(6)7/h3-8,12,17-18,20H,9-11,13-16H2,1-2H3;(H,6,7). The highest BCUT2D eigenvalue weighted by molar-refractivity contribution is 5.98. The maximum atomic E-state index is 13.2. The van der Waals surface area contributed by atoms with Crippen molar-refractivity contribution in [1.29, 1.82) is 0 Å². The maximum Gasteiger partial charge on any atom is 0.490 e. The van der Waals surface area contributed by atoms with E-state index in [0.29, 0.717) is 30.5 Å². The van der Waals surface area contributed by atoms with Crippen LogP contribution in [0.2, 0.25) is 0 Å². The van der Waals surface area contributed by atoms with Crippen LogP contribution in [0.15, 0.2) is 48.9 Å². The molecule has 0 radical (unpaired) electrons. The fourth-order valence-electron chi connectivity index (χ4n) is 5.04. The number of hydrogen-bond donors (Lipinski definition) is 1. The summed E-state index contributed by atoms with van der Waals surface area (Å²) in [7, 11) is 4.11. The van der Waals surface area contributed by atoms with Crippen LogP contribution in [-0.4, -0.2) is 104 Å². The van der Waals surface area contributed by atoms with Gasteiger partial charge in [-0.1, -0.05) is 18.2 Å². The van der Waals surface area contributed by atoms with Crippen molar-refractivity contribution in [3.05, 3.63) is 65.9 Å². The Kier molecular flexibility index (Phi) is 8.72. The largest absolute Gasteiger partial charge is 0.490 e. The third kappa shape index (κ3) is 6.41. The summed E-state index contributed by atoms with van der Waals surface area (Å²) in [4.78, 5) is 49.8. The first-order valence-corrected chi connectivity index (χ1v) is 12.9. The first-order chi connectivity index (χ1) is 19.0. The second kappa shape index (κ2) is 12.0. The molecule has 1 N–H and O–H groups in total. The minimum absolute atomic E-state index is 0.0465. The highest BCUT2D eigenvalue weighted by Gasteiger charge is 2.38. The number of nitrogens with zero attached hydrogens (tertiary/aromatic N) is 6. The molecule has 1 atom stereocenters. The second-order valence-electron chi connectivity index (χ2n) is 10.0. The average Bonchev–Trinajstić information content (AvgIpc) is 3.61. The summed E-state index contributed by atoms with van der Waals surface area (Å²) in [5.41, 5.74) is 2.88. The Balaban J connectivity index is 0.000000470. The smallest absolute Gasteiger partial charge is 0.475 e. The number of carboxylic acid groups (broad SMARTS) is 1. The number of rotatable bonds is 4. The van der Waals surface area contributed by atoms with Crippen LogP contribution in [0, 0.1) is 0 Å². The van der Waals surface area contributed by atoms with Gasteiger partial charge in [-0.25, -0.2) is 14.8 Å². The monoisotopic (exact) mass is 560 g/mol. The third-order valence-electron chi connectivity index (χ3n) is 7.31. The van der Waals surface area contributed by atoms with Crippen LogP contribution >= 0.6 is 0 Å². The molecule has 5 rings (SSSR count). The van der Waals surface area contributed by atoms with Gasteiger partial charge in [-0.2, -0.15) is 13.2 Å². The van der Waals surface area contributed by atoms with Gasteiger partial charge in [0.05, 0.1) is 0 Å². The highest BCUT2D eigenvalue weighted by atomic mass is 19.4. The molecule has 2 aliphatic heterocycles. The summed E-state index contributed by atoms with van der Waals surface area (Å²) >= 11 is 0. The molecule has 2 saturated heterocycles. The van der Waals surface area contributed by atoms with Crippen LogP contribution in [-0.2, 0) is 4.79 Å². The Hall–Kier alpha value is -4.00. The van der Waals surface area contributed by atoms with Gasteiger partial charge in [0.1, 0.15) is 6.33 Å². The molecule has 2 fully saturated rings. The van der Waals surface area contributed by atoms with Gasteiger partial charge < -0.3 is 19.8 Å². The number of hydrogen-bond acceptors (Lipinski definition) is 6. The van der Waals surface area contributed by atoms with E-state index in [4.69, 9.17) is 9.90 Å². The number of amides is 2. The molecule has 214 valence electrons. The molecular formula is C27H31F3N6O4. The number of imidazole rings is 1. The van der Waals surface area contributed by atoms with Crippen molar-refractivity contribution in [1.82, 2.24) is 29.1 Å². The number of piperidine rings is 1. The fraction of sp³-hybridized carbons (Fsp3) is 0.444. The number of halogens is 3. The lowest BCUT2D eigenvalue weighted by Crippen LogP contribution is -2.38. The second-order valence-corrected chi connectivity index (χ2v) is 10.0. The zero-order valence-electron chi connectivity index (χ0n) is 22.2. The van der Waals surface area contributed by atoms with Crippen LogP contribution in [0.1, 0.15) is 51.7 Å². The van der Waals surface area contributed by atoms with Gasteiger partial charge in [0.2, 0.25) is 0 Å². The molecular weight excluding hydrogens is 529 g/mol.